The summed E-state index contributed by atoms with van der Waals surface area (Å²) in [6.45, 7) is 0. The maximum atomic E-state index is 11.8. The number of ketones is 1. The van der Waals surface area contributed by atoms with Crippen molar-refractivity contribution in [2.24, 2.45) is 5.73 Å². The highest BCUT2D eigenvalue weighted by Crippen LogP contribution is 2.19. The van der Waals surface area contributed by atoms with E-state index in [1.54, 1.807) is 0 Å². The van der Waals surface area contributed by atoms with E-state index in [-0.39, 0.29) is 6.42 Å². The normalized spacial score (nSPS) is 11.7. The van der Waals surface area contributed by atoms with Crippen LogP contribution in [-0.2, 0) is 16.0 Å². The SMILES string of the molecule is NC(C(=O)Cc1ccc(-c2ccccc2)cc1)C(=O)NO. The summed E-state index contributed by atoms with van der Waals surface area (Å²) in [5.74, 6) is -1.35. The molecular formula is C16H16N2O3. The van der Waals surface area contributed by atoms with Crippen LogP contribution in [-0.4, -0.2) is 22.9 Å². The van der Waals surface area contributed by atoms with E-state index in [9.17, 15) is 9.59 Å². The number of amides is 1. The predicted octanol–water partition coefficient (Wildman–Crippen LogP) is 1.30. The van der Waals surface area contributed by atoms with Gasteiger partial charge in [0.1, 0.15) is 6.04 Å². The van der Waals surface area contributed by atoms with E-state index in [4.69, 9.17) is 10.9 Å². The second kappa shape index (κ2) is 6.78. The summed E-state index contributed by atoms with van der Waals surface area (Å²) in [4.78, 5) is 22.8. The van der Waals surface area contributed by atoms with E-state index in [0.717, 1.165) is 16.7 Å². The van der Waals surface area contributed by atoms with Gasteiger partial charge in [0.15, 0.2) is 5.78 Å². The van der Waals surface area contributed by atoms with Crippen molar-refractivity contribution in [3.8, 4) is 11.1 Å². The summed E-state index contributed by atoms with van der Waals surface area (Å²) in [5.41, 5.74) is 9.70. The molecule has 2 aromatic carbocycles. The molecule has 0 aliphatic carbocycles. The molecule has 0 fully saturated rings. The lowest BCUT2D eigenvalue weighted by Gasteiger charge is -2.08. The summed E-state index contributed by atoms with van der Waals surface area (Å²) in [6, 6.07) is 16.0. The molecule has 1 unspecified atom stereocenters. The molecule has 2 aromatic rings. The molecule has 0 bridgehead atoms. The Labute approximate surface area is 122 Å². The van der Waals surface area contributed by atoms with Gasteiger partial charge >= 0.3 is 0 Å². The fraction of sp³-hybridized carbons (Fsp3) is 0.125. The summed E-state index contributed by atoms with van der Waals surface area (Å²) in [7, 11) is 0. The Morgan fingerprint density at radius 2 is 1.57 bits per heavy atom. The van der Waals surface area contributed by atoms with Crippen molar-refractivity contribution in [2.45, 2.75) is 12.5 Å². The van der Waals surface area contributed by atoms with Crippen LogP contribution < -0.4 is 11.2 Å². The Bertz CT molecular complexity index is 624. The number of hydroxylamine groups is 1. The van der Waals surface area contributed by atoms with Gasteiger partial charge in [0, 0.05) is 6.42 Å². The highest BCUT2D eigenvalue weighted by atomic mass is 16.5. The Hall–Kier alpha value is -2.50. The average Bonchev–Trinajstić information content (AvgIpc) is 2.54. The average molecular weight is 284 g/mol. The first-order chi connectivity index (χ1) is 10.1. The molecule has 0 aromatic heterocycles. The summed E-state index contributed by atoms with van der Waals surface area (Å²) in [6.07, 6.45) is 0.0453. The molecular weight excluding hydrogens is 268 g/mol. The molecule has 1 amide bonds. The molecule has 5 heteroatoms. The monoisotopic (exact) mass is 284 g/mol. The maximum absolute atomic E-state index is 11.8. The van der Waals surface area contributed by atoms with Gasteiger partial charge in [-0.05, 0) is 16.7 Å². The van der Waals surface area contributed by atoms with E-state index in [2.05, 4.69) is 0 Å². The Morgan fingerprint density at radius 1 is 1.00 bits per heavy atom. The van der Waals surface area contributed by atoms with Crippen LogP contribution in [0.1, 0.15) is 5.56 Å². The van der Waals surface area contributed by atoms with E-state index < -0.39 is 17.7 Å². The molecule has 0 saturated carbocycles. The van der Waals surface area contributed by atoms with Gasteiger partial charge in [-0.25, -0.2) is 5.48 Å². The van der Waals surface area contributed by atoms with Gasteiger partial charge in [-0.2, -0.15) is 0 Å². The lowest BCUT2D eigenvalue weighted by molar-refractivity contribution is -0.135. The van der Waals surface area contributed by atoms with Gasteiger partial charge in [0.2, 0.25) is 0 Å². The van der Waals surface area contributed by atoms with Gasteiger partial charge in [0.25, 0.3) is 5.91 Å². The molecule has 5 nitrogen and oxygen atoms in total. The van der Waals surface area contributed by atoms with E-state index >= 15 is 0 Å². The van der Waals surface area contributed by atoms with Crippen LogP contribution in [0, 0.1) is 0 Å². The standard InChI is InChI=1S/C16H16N2O3/c17-15(16(20)18-21)14(19)10-11-6-8-13(9-7-11)12-4-2-1-3-5-12/h1-9,15,21H,10,17H2,(H,18,20). The van der Waals surface area contributed by atoms with Crippen molar-refractivity contribution < 1.29 is 14.8 Å². The maximum Gasteiger partial charge on any atom is 0.267 e. The fourth-order valence-corrected chi connectivity index (χ4v) is 1.97. The fourth-order valence-electron chi connectivity index (χ4n) is 1.97. The minimum atomic E-state index is -1.36. The first-order valence-electron chi connectivity index (χ1n) is 6.48. The minimum absolute atomic E-state index is 0.0453. The number of nitrogens with two attached hydrogens (primary N) is 1. The van der Waals surface area contributed by atoms with Gasteiger partial charge in [-0.1, -0.05) is 54.6 Å². The largest absolute Gasteiger partial charge is 0.314 e. The van der Waals surface area contributed by atoms with Crippen LogP contribution in [0.2, 0.25) is 0 Å². The molecule has 0 aliphatic rings. The second-order valence-corrected chi connectivity index (χ2v) is 4.66. The minimum Gasteiger partial charge on any atom is -0.314 e. The molecule has 2 rings (SSSR count). The molecule has 0 radical (unpaired) electrons. The van der Waals surface area contributed by atoms with Crippen molar-refractivity contribution >= 4 is 11.7 Å². The van der Waals surface area contributed by atoms with Crippen LogP contribution in [0.15, 0.2) is 54.6 Å². The van der Waals surface area contributed by atoms with Gasteiger partial charge in [0.05, 0.1) is 0 Å². The van der Waals surface area contributed by atoms with Gasteiger partial charge in [-0.15, -0.1) is 0 Å². The quantitative estimate of drug-likeness (QED) is 0.438. The lowest BCUT2D eigenvalue weighted by Crippen LogP contribution is -2.45. The van der Waals surface area contributed by atoms with Crippen LogP contribution >= 0.6 is 0 Å². The lowest BCUT2D eigenvalue weighted by atomic mass is 10.00. The second-order valence-electron chi connectivity index (χ2n) is 4.66. The zero-order chi connectivity index (χ0) is 15.2. The number of carbonyl (C=O) groups is 2. The Kier molecular flexibility index (Phi) is 4.81. The Morgan fingerprint density at radius 3 is 2.14 bits per heavy atom. The Balaban J connectivity index is 2.06. The number of Topliss-reactive ketones (excluding diaryl/α,β-unsaturated/α-hetero) is 1. The van der Waals surface area contributed by atoms with E-state index in [1.807, 2.05) is 54.6 Å². The molecule has 108 valence electrons. The van der Waals surface area contributed by atoms with Crippen LogP contribution in [0.5, 0.6) is 0 Å². The van der Waals surface area contributed by atoms with Crippen molar-refractivity contribution in [3.63, 3.8) is 0 Å². The summed E-state index contributed by atoms with van der Waals surface area (Å²) >= 11 is 0. The van der Waals surface area contributed by atoms with Crippen molar-refractivity contribution in [2.75, 3.05) is 0 Å². The molecule has 0 saturated heterocycles. The van der Waals surface area contributed by atoms with Gasteiger partial charge < -0.3 is 5.73 Å². The third-order valence-corrected chi connectivity index (χ3v) is 3.18. The molecule has 4 N–H and O–H groups in total. The van der Waals surface area contributed by atoms with Crippen molar-refractivity contribution in [1.29, 1.82) is 0 Å². The molecule has 1 atom stereocenters. The highest BCUT2D eigenvalue weighted by molar-refractivity contribution is 6.05. The number of benzene rings is 2. The summed E-state index contributed by atoms with van der Waals surface area (Å²) in [5, 5.41) is 8.45. The topological polar surface area (TPSA) is 92.4 Å². The molecule has 0 aliphatic heterocycles. The van der Waals surface area contributed by atoms with Crippen LogP contribution in [0.3, 0.4) is 0 Å². The van der Waals surface area contributed by atoms with Gasteiger partial charge in [-0.3, -0.25) is 14.8 Å². The van der Waals surface area contributed by atoms with Crippen LogP contribution in [0.25, 0.3) is 11.1 Å². The van der Waals surface area contributed by atoms with E-state index in [0.29, 0.717) is 0 Å². The molecule has 0 heterocycles. The zero-order valence-electron chi connectivity index (χ0n) is 11.3. The van der Waals surface area contributed by atoms with Crippen molar-refractivity contribution in [3.05, 3.63) is 60.2 Å². The number of rotatable bonds is 5. The van der Waals surface area contributed by atoms with Crippen molar-refractivity contribution in [1.82, 2.24) is 5.48 Å². The highest BCUT2D eigenvalue weighted by Gasteiger charge is 2.21. The smallest absolute Gasteiger partial charge is 0.267 e. The molecule has 21 heavy (non-hydrogen) atoms. The van der Waals surface area contributed by atoms with E-state index in [1.165, 1.54) is 5.48 Å². The third kappa shape index (κ3) is 3.75. The molecule has 0 spiro atoms. The number of hydrogen-bond donors (Lipinski definition) is 3. The number of carbonyl (C=O) groups excluding carboxylic acids is 2. The zero-order valence-corrected chi connectivity index (χ0v) is 11.3. The first-order valence-corrected chi connectivity index (χ1v) is 6.48. The first kappa shape index (κ1) is 14.9. The third-order valence-electron chi connectivity index (χ3n) is 3.18. The van der Waals surface area contributed by atoms with Crippen LogP contribution in [0.4, 0.5) is 0 Å². The number of nitrogens with one attached hydrogen (secondary N) is 1. The summed E-state index contributed by atoms with van der Waals surface area (Å²) < 4.78 is 0. The number of hydrogen-bond acceptors (Lipinski definition) is 4. The predicted molar refractivity (Wildman–Crippen MR) is 78.5 cm³/mol.